The van der Waals surface area contributed by atoms with Gasteiger partial charge in [-0.25, -0.2) is 0 Å². The number of nitrogens with one attached hydrogen (secondary N) is 1. The molecule has 36 heavy (non-hydrogen) atoms. The number of benzene rings is 2. The minimum Gasteiger partial charge on any atom is -0.378 e. The summed E-state index contributed by atoms with van der Waals surface area (Å²) in [4.78, 5) is 9.30. The fourth-order valence-electron chi connectivity index (χ4n) is 5.23. The molecule has 7 heteroatoms. The zero-order valence-corrected chi connectivity index (χ0v) is 21.1. The van der Waals surface area contributed by atoms with Crippen LogP contribution in [0.25, 0.3) is 5.69 Å². The topological polar surface area (TPSA) is 45.6 Å². The third kappa shape index (κ3) is 4.25. The van der Waals surface area contributed by atoms with Gasteiger partial charge < -0.3 is 24.4 Å². The van der Waals surface area contributed by atoms with Gasteiger partial charge in [0.05, 0.1) is 24.9 Å². The first-order valence-corrected chi connectivity index (χ1v) is 12.8. The van der Waals surface area contributed by atoms with Gasteiger partial charge in [0.25, 0.3) is 0 Å². The molecule has 4 aromatic rings. The molecular weight excluding hydrogens is 466 g/mol. The number of hydrogen-bond acceptors (Lipinski definition) is 4. The number of thiocarbonyl (C=S) groups is 1. The highest BCUT2D eigenvalue weighted by Crippen LogP contribution is 2.42. The Balaban J connectivity index is 1.42. The fourth-order valence-corrected chi connectivity index (χ4v) is 5.57. The second-order valence-corrected chi connectivity index (χ2v) is 9.64. The number of morpholine rings is 1. The normalized spacial score (nSPS) is 20.0. The molecule has 2 aliphatic heterocycles. The van der Waals surface area contributed by atoms with Crippen molar-refractivity contribution in [3.05, 3.63) is 108 Å². The largest absolute Gasteiger partial charge is 0.378 e. The number of aryl methyl sites for hydroxylation is 1. The molecule has 6 rings (SSSR count). The van der Waals surface area contributed by atoms with E-state index in [9.17, 15) is 0 Å². The van der Waals surface area contributed by atoms with Crippen LogP contribution in [0.4, 0.5) is 11.4 Å². The molecule has 1 N–H and O–H groups in total. The van der Waals surface area contributed by atoms with E-state index in [1.807, 2.05) is 18.3 Å². The maximum Gasteiger partial charge on any atom is 0.174 e. The summed E-state index contributed by atoms with van der Waals surface area (Å²) < 4.78 is 7.78. The van der Waals surface area contributed by atoms with Crippen molar-refractivity contribution < 1.29 is 4.74 Å². The molecule has 2 aliphatic rings. The molecule has 0 bridgehead atoms. The molecule has 2 fully saturated rings. The molecule has 2 saturated heterocycles. The van der Waals surface area contributed by atoms with Gasteiger partial charge in [0, 0.05) is 48.2 Å². The predicted molar refractivity (Wildman–Crippen MR) is 148 cm³/mol. The van der Waals surface area contributed by atoms with Gasteiger partial charge >= 0.3 is 0 Å². The molecule has 4 heterocycles. The molecular formula is C29H29N5OS. The van der Waals surface area contributed by atoms with E-state index in [2.05, 4.69) is 99.5 Å². The van der Waals surface area contributed by atoms with Crippen LogP contribution in [0.15, 0.2) is 91.3 Å². The second kappa shape index (κ2) is 9.76. The molecule has 0 aliphatic carbocycles. The Morgan fingerprint density at radius 2 is 1.69 bits per heavy atom. The highest BCUT2D eigenvalue weighted by molar-refractivity contribution is 7.80. The predicted octanol–water partition coefficient (Wildman–Crippen LogP) is 5.19. The summed E-state index contributed by atoms with van der Waals surface area (Å²) in [7, 11) is 0. The highest BCUT2D eigenvalue weighted by Gasteiger charge is 2.42. The molecule has 0 amide bonds. The molecule has 6 nitrogen and oxygen atoms in total. The van der Waals surface area contributed by atoms with E-state index in [1.165, 1.54) is 11.3 Å². The third-order valence-electron chi connectivity index (χ3n) is 6.97. The maximum absolute atomic E-state index is 5.94. The molecule has 0 saturated carbocycles. The van der Waals surface area contributed by atoms with Crippen LogP contribution in [-0.2, 0) is 4.74 Å². The Hall–Kier alpha value is -3.68. The Labute approximate surface area is 217 Å². The van der Waals surface area contributed by atoms with E-state index in [4.69, 9.17) is 21.9 Å². The van der Waals surface area contributed by atoms with Crippen molar-refractivity contribution in [3.8, 4) is 5.69 Å². The Morgan fingerprint density at radius 1 is 0.889 bits per heavy atom. The molecule has 2 aromatic carbocycles. The standard InChI is InChI=1S/C29H29N5OS/c1-21-6-4-7-24(20-21)33-15-5-9-26(33)28-27(25-8-2-3-14-30-25)31-29(36)34(28)23-12-10-22(11-13-23)32-16-18-35-19-17-32/h2-15,20,27-28H,16-19H2,1H3,(H,31,36)/t27-,28+/m0/s1. The van der Waals surface area contributed by atoms with Gasteiger partial charge in [-0.1, -0.05) is 18.2 Å². The van der Waals surface area contributed by atoms with Crippen LogP contribution in [0.1, 0.15) is 29.0 Å². The Kier molecular flexibility index (Phi) is 6.17. The summed E-state index contributed by atoms with van der Waals surface area (Å²) in [6.07, 6.45) is 3.97. The number of anilines is 2. The van der Waals surface area contributed by atoms with Crippen molar-refractivity contribution in [1.82, 2.24) is 14.9 Å². The molecule has 0 spiro atoms. The minimum atomic E-state index is -0.0870. The lowest BCUT2D eigenvalue weighted by atomic mass is 10.0. The van der Waals surface area contributed by atoms with E-state index in [0.29, 0.717) is 5.11 Å². The van der Waals surface area contributed by atoms with Crippen molar-refractivity contribution in [2.45, 2.75) is 19.0 Å². The van der Waals surface area contributed by atoms with Crippen LogP contribution >= 0.6 is 12.2 Å². The van der Waals surface area contributed by atoms with Gasteiger partial charge in [-0.3, -0.25) is 4.98 Å². The zero-order chi connectivity index (χ0) is 24.5. The van der Waals surface area contributed by atoms with E-state index >= 15 is 0 Å². The monoisotopic (exact) mass is 495 g/mol. The van der Waals surface area contributed by atoms with Crippen molar-refractivity contribution >= 4 is 28.7 Å². The molecule has 0 unspecified atom stereocenters. The van der Waals surface area contributed by atoms with Gasteiger partial charge in [0.1, 0.15) is 6.04 Å². The summed E-state index contributed by atoms with van der Waals surface area (Å²) in [6.45, 7) is 5.49. The number of pyridine rings is 1. The van der Waals surface area contributed by atoms with E-state index < -0.39 is 0 Å². The summed E-state index contributed by atoms with van der Waals surface area (Å²) in [5, 5.41) is 4.28. The SMILES string of the molecule is Cc1cccc(-n2cccc2[C@@H]2[C@H](c3ccccn3)NC(=S)N2c2ccc(N3CCOCC3)cc2)c1. The van der Waals surface area contributed by atoms with Crippen molar-refractivity contribution in [2.75, 3.05) is 36.1 Å². The first-order valence-electron chi connectivity index (χ1n) is 12.4. The summed E-state index contributed by atoms with van der Waals surface area (Å²) in [6, 6.07) is 27.5. The van der Waals surface area contributed by atoms with E-state index in [-0.39, 0.29) is 12.1 Å². The molecule has 0 radical (unpaired) electrons. The number of rotatable bonds is 5. The van der Waals surface area contributed by atoms with Crippen molar-refractivity contribution in [1.29, 1.82) is 0 Å². The zero-order valence-electron chi connectivity index (χ0n) is 20.2. The van der Waals surface area contributed by atoms with Crippen LogP contribution in [0.2, 0.25) is 0 Å². The fraction of sp³-hybridized carbons (Fsp3) is 0.241. The number of ether oxygens (including phenoxy) is 1. The number of nitrogens with zero attached hydrogens (tertiary/aromatic N) is 4. The quantitative estimate of drug-likeness (QED) is 0.384. The lowest BCUT2D eigenvalue weighted by Gasteiger charge is -2.31. The van der Waals surface area contributed by atoms with Crippen molar-refractivity contribution in [2.24, 2.45) is 0 Å². The first-order chi connectivity index (χ1) is 17.7. The Morgan fingerprint density at radius 3 is 2.44 bits per heavy atom. The lowest BCUT2D eigenvalue weighted by molar-refractivity contribution is 0.122. The summed E-state index contributed by atoms with van der Waals surface area (Å²) in [5.74, 6) is 0. The van der Waals surface area contributed by atoms with Gasteiger partial charge in [0.2, 0.25) is 0 Å². The van der Waals surface area contributed by atoms with E-state index in [1.54, 1.807) is 0 Å². The lowest BCUT2D eigenvalue weighted by Crippen LogP contribution is -2.36. The first kappa shape index (κ1) is 22.8. The number of aromatic nitrogens is 2. The minimum absolute atomic E-state index is 0.0721. The van der Waals surface area contributed by atoms with Gasteiger partial charge in [-0.05, 0) is 85.4 Å². The Bertz CT molecular complexity index is 1350. The van der Waals surface area contributed by atoms with Gasteiger partial charge in [-0.2, -0.15) is 0 Å². The van der Waals surface area contributed by atoms with Gasteiger partial charge in [0.15, 0.2) is 5.11 Å². The van der Waals surface area contributed by atoms with Crippen LogP contribution in [0, 0.1) is 6.92 Å². The van der Waals surface area contributed by atoms with Crippen LogP contribution in [0.5, 0.6) is 0 Å². The van der Waals surface area contributed by atoms with Crippen LogP contribution in [-0.4, -0.2) is 41.0 Å². The highest BCUT2D eigenvalue weighted by atomic mass is 32.1. The van der Waals surface area contributed by atoms with Crippen LogP contribution < -0.4 is 15.1 Å². The van der Waals surface area contributed by atoms with Crippen molar-refractivity contribution in [3.63, 3.8) is 0 Å². The molecule has 2 aromatic heterocycles. The summed E-state index contributed by atoms with van der Waals surface area (Å²) in [5.41, 5.74) is 6.75. The average molecular weight is 496 g/mol. The maximum atomic E-state index is 5.94. The third-order valence-corrected chi connectivity index (χ3v) is 7.28. The smallest absolute Gasteiger partial charge is 0.174 e. The second-order valence-electron chi connectivity index (χ2n) is 9.25. The van der Waals surface area contributed by atoms with Crippen LogP contribution in [0.3, 0.4) is 0 Å². The molecule has 2 atom stereocenters. The summed E-state index contributed by atoms with van der Waals surface area (Å²) >= 11 is 5.94. The average Bonchev–Trinajstić information content (AvgIpc) is 3.54. The van der Waals surface area contributed by atoms with Gasteiger partial charge in [-0.15, -0.1) is 0 Å². The molecule has 182 valence electrons. The number of hydrogen-bond donors (Lipinski definition) is 1. The van der Waals surface area contributed by atoms with E-state index in [0.717, 1.165) is 49.1 Å².